The molecule has 0 fully saturated rings. The van der Waals surface area contributed by atoms with Crippen molar-refractivity contribution in [2.45, 2.75) is 0 Å². The zero-order valence-corrected chi connectivity index (χ0v) is 16.5. The number of hydrogen-bond donors (Lipinski definition) is 2. The van der Waals surface area contributed by atoms with Crippen molar-refractivity contribution in [3.05, 3.63) is 71.4 Å². The molecular formula is C21H16Cl2N4O. The molecule has 0 bridgehead atoms. The molecule has 0 unspecified atom stereocenters. The summed E-state index contributed by atoms with van der Waals surface area (Å²) in [5.74, 6) is -0.272. The van der Waals surface area contributed by atoms with Gasteiger partial charge in [-0.2, -0.15) is 5.10 Å². The number of aryl methyl sites for hydroxylation is 1. The summed E-state index contributed by atoms with van der Waals surface area (Å²) in [6, 6.07) is 13.2. The van der Waals surface area contributed by atoms with Crippen LogP contribution in [-0.2, 0) is 11.8 Å². The van der Waals surface area contributed by atoms with E-state index in [4.69, 9.17) is 23.2 Å². The lowest BCUT2D eigenvalue weighted by Crippen LogP contribution is -2.07. The van der Waals surface area contributed by atoms with Gasteiger partial charge in [0.2, 0.25) is 5.91 Å². The summed E-state index contributed by atoms with van der Waals surface area (Å²) in [5.41, 5.74) is 5.05. The summed E-state index contributed by atoms with van der Waals surface area (Å²) in [5, 5.41) is 9.25. The molecular weight excluding hydrogens is 395 g/mol. The smallest absolute Gasteiger partial charge is 0.247 e. The van der Waals surface area contributed by atoms with Crippen LogP contribution < -0.4 is 5.32 Å². The van der Waals surface area contributed by atoms with Crippen LogP contribution in [0, 0.1) is 0 Å². The summed E-state index contributed by atoms with van der Waals surface area (Å²) in [4.78, 5) is 15.2. The van der Waals surface area contributed by atoms with Crippen molar-refractivity contribution in [3.63, 3.8) is 0 Å². The number of benzene rings is 2. The summed E-state index contributed by atoms with van der Waals surface area (Å²) in [7, 11) is 1.86. The van der Waals surface area contributed by atoms with Crippen molar-refractivity contribution in [2.75, 3.05) is 5.32 Å². The standard InChI is InChI=1S/C21H16Cl2N4O/c1-3-20(28)24-14-8-13-10-19(12-4-5-16(22)17(23)9-12)25-21(13)15(11-14)18-6-7-27(2)26-18/h3-11,25H,1H2,2H3,(H,24,28). The molecule has 5 nitrogen and oxygen atoms in total. The quantitative estimate of drug-likeness (QED) is 0.425. The second-order valence-corrected chi connectivity index (χ2v) is 7.18. The Labute approximate surface area is 171 Å². The Bertz CT molecular complexity index is 1220. The van der Waals surface area contributed by atoms with E-state index < -0.39 is 0 Å². The molecule has 4 aromatic rings. The Morgan fingerprint density at radius 2 is 2.00 bits per heavy atom. The van der Waals surface area contributed by atoms with Crippen molar-refractivity contribution in [1.82, 2.24) is 14.8 Å². The minimum atomic E-state index is -0.272. The Morgan fingerprint density at radius 3 is 2.68 bits per heavy atom. The zero-order valence-electron chi connectivity index (χ0n) is 15.0. The number of carbonyl (C=O) groups excluding carboxylic acids is 1. The topological polar surface area (TPSA) is 62.7 Å². The molecule has 1 amide bonds. The molecule has 7 heteroatoms. The molecule has 28 heavy (non-hydrogen) atoms. The van der Waals surface area contributed by atoms with Gasteiger partial charge in [0.1, 0.15) is 0 Å². The van der Waals surface area contributed by atoms with Gasteiger partial charge in [0.15, 0.2) is 0 Å². The van der Waals surface area contributed by atoms with Gasteiger partial charge in [-0.25, -0.2) is 0 Å². The molecule has 2 heterocycles. The first-order valence-electron chi connectivity index (χ1n) is 8.50. The minimum absolute atomic E-state index is 0.272. The van der Waals surface area contributed by atoms with E-state index in [0.29, 0.717) is 15.7 Å². The number of aromatic nitrogens is 3. The SMILES string of the molecule is C=CC(=O)Nc1cc(-c2ccn(C)n2)c2[nH]c(-c3ccc(Cl)c(Cl)c3)cc2c1. The number of halogens is 2. The van der Waals surface area contributed by atoms with Crippen LogP contribution in [0.4, 0.5) is 5.69 Å². The van der Waals surface area contributed by atoms with Crippen LogP contribution in [0.1, 0.15) is 0 Å². The fourth-order valence-electron chi connectivity index (χ4n) is 3.09. The Kier molecular flexibility index (Phi) is 4.71. The molecule has 0 saturated heterocycles. The number of H-pyrrole nitrogens is 1. The van der Waals surface area contributed by atoms with E-state index >= 15 is 0 Å². The third kappa shape index (κ3) is 3.42. The van der Waals surface area contributed by atoms with Gasteiger partial charge in [0, 0.05) is 35.6 Å². The highest BCUT2D eigenvalue weighted by Crippen LogP contribution is 2.35. The first-order chi connectivity index (χ1) is 13.4. The number of carbonyl (C=O) groups is 1. The molecule has 2 aromatic carbocycles. The maximum absolute atomic E-state index is 11.8. The van der Waals surface area contributed by atoms with Crippen LogP contribution in [0.15, 0.2) is 61.3 Å². The Hall–Kier alpha value is -3.02. The zero-order chi connectivity index (χ0) is 19.8. The highest BCUT2D eigenvalue weighted by molar-refractivity contribution is 6.42. The number of rotatable bonds is 4. The lowest BCUT2D eigenvalue weighted by molar-refractivity contribution is -0.111. The van der Waals surface area contributed by atoms with Gasteiger partial charge in [0.05, 0.1) is 21.3 Å². The van der Waals surface area contributed by atoms with Gasteiger partial charge >= 0.3 is 0 Å². The van der Waals surface area contributed by atoms with E-state index in [-0.39, 0.29) is 5.91 Å². The predicted octanol–water partition coefficient (Wildman–Crippen LogP) is 5.67. The van der Waals surface area contributed by atoms with Gasteiger partial charge < -0.3 is 10.3 Å². The fourth-order valence-corrected chi connectivity index (χ4v) is 3.39. The number of aromatic amines is 1. The number of nitrogens with zero attached hydrogens (tertiary/aromatic N) is 2. The third-order valence-electron chi connectivity index (χ3n) is 4.40. The first-order valence-corrected chi connectivity index (χ1v) is 9.26. The lowest BCUT2D eigenvalue weighted by Gasteiger charge is -2.07. The average molecular weight is 411 g/mol. The molecule has 0 aliphatic carbocycles. The van der Waals surface area contributed by atoms with Gasteiger partial charge in [-0.05, 0) is 48.0 Å². The second-order valence-electron chi connectivity index (χ2n) is 6.37. The Balaban J connectivity index is 1.91. The monoisotopic (exact) mass is 410 g/mol. The molecule has 0 radical (unpaired) electrons. The molecule has 0 spiro atoms. The average Bonchev–Trinajstić information content (AvgIpc) is 3.29. The molecule has 4 rings (SSSR count). The van der Waals surface area contributed by atoms with E-state index in [2.05, 4.69) is 22.0 Å². The summed E-state index contributed by atoms with van der Waals surface area (Å²) >= 11 is 12.2. The van der Waals surface area contributed by atoms with Gasteiger partial charge in [0.25, 0.3) is 0 Å². The highest BCUT2D eigenvalue weighted by atomic mass is 35.5. The van der Waals surface area contributed by atoms with Crippen LogP contribution in [0.2, 0.25) is 10.0 Å². The van der Waals surface area contributed by atoms with Gasteiger partial charge in [-0.3, -0.25) is 9.48 Å². The number of nitrogens with one attached hydrogen (secondary N) is 2. The van der Waals surface area contributed by atoms with Crippen molar-refractivity contribution < 1.29 is 4.79 Å². The first kappa shape index (κ1) is 18.3. The molecule has 0 atom stereocenters. The maximum atomic E-state index is 11.8. The third-order valence-corrected chi connectivity index (χ3v) is 5.14. The number of hydrogen-bond acceptors (Lipinski definition) is 2. The lowest BCUT2D eigenvalue weighted by atomic mass is 10.1. The van der Waals surface area contributed by atoms with Gasteiger partial charge in [-0.15, -0.1) is 0 Å². The van der Waals surface area contributed by atoms with Crippen molar-refractivity contribution in [3.8, 4) is 22.5 Å². The van der Waals surface area contributed by atoms with Crippen molar-refractivity contribution >= 4 is 45.7 Å². The molecule has 2 N–H and O–H groups in total. The van der Waals surface area contributed by atoms with Crippen molar-refractivity contribution in [2.24, 2.45) is 7.05 Å². The number of fused-ring (bicyclic) bond motifs is 1. The maximum Gasteiger partial charge on any atom is 0.247 e. The van der Waals surface area contributed by atoms with E-state index in [1.807, 2.05) is 49.6 Å². The number of anilines is 1. The van der Waals surface area contributed by atoms with Crippen LogP contribution in [0.5, 0.6) is 0 Å². The molecule has 0 aliphatic heterocycles. The molecule has 2 aromatic heterocycles. The minimum Gasteiger partial charge on any atom is -0.354 e. The number of amides is 1. The van der Waals surface area contributed by atoms with Crippen LogP contribution in [0.25, 0.3) is 33.4 Å². The van der Waals surface area contributed by atoms with E-state index in [0.717, 1.165) is 33.4 Å². The molecule has 0 saturated carbocycles. The van der Waals surface area contributed by atoms with Crippen LogP contribution in [0.3, 0.4) is 0 Å². The van der Waals surface area contributed by atoms with Crippen LogP contribution >= 0.6 is 23.2 Å². The van der Waals surface area contributed by atoms with E-state index in [1.165, 1.54) is 6.08 Å². The van der Waals surface area contributed by atoms with Crippen molar-refractivity contribution in [1.29, 1.82) is 0 Å². The fraction of sp³-hybridized carbons (Fsp3) is 0.0476. The Morgan fingerprint density at radius 1 is 1.18 bits per heavy atom. The second kappa shape index (κ2) is 7.19. The van der Waals surface area contributed by atoms with E-state index in [9.17, 15) is 4.79 Å². The summed E-state index contributed by atoms with van der Waals surface area (Å²) < 4.78 is 1.74. The predicted molar refractivity (Wildman–Crippen MR) is 115 cm³/mol. The largest absolute Gasteiger partial charge is 0.354 e. The highest BCUT2D eigenvalue weighted by Gasteiger charge is 2.14. The summed E-state index contributed by atoms with van der Waals surface area (Å²) in [6.45, 7) is 3.50. The normalized spacial score (nSPS) is 11.0. The van der Waals surface area contributed by atoms with Crippen LogP contribution in [-0.4, -0.2) is 20.7 Å². The molecule has 0 aliphatic rings. The van der Waals surface area contributed by atoms with E-state index in [1.54, 1.807) is 10.7 Å². The van der Waals surface area contributed by atoms with Gasteiger partial charge in [-0.1, -0.05) is 35.8 Å². The molecule has 140 valence electrons. The summed E-state index contributed by atoms with van der Waals surface area (Å²) in [6.07, 6.45) is 3.11.